The van der Waals surface area contributed by atoms with E-state index in [9.17, 15) is 9.50 Å². The molecule has 0 unspecified atom stereocenters. The summed E-state index contributed by atoms with van der Waals surface area (Å²) < 4.78 is 15.4. The lowest BCUT2D eigenvalue weighted by Crippen LogP contribution is -2.26. The molecule has 2 rings (SSSR count). The van der Waals surface area contributed by atoms with Crippen molar-refractivity contribution in [2.75, 3.05) is 0 Å². The molecule has 0 spiro atoms. The third kappa shape index (κ3) is 2.25. The van der Waals surface area contributed by atoms with Gasteiger partial charge in [0, 0.05) is 11.5 Å². The molecule has 1 heterocycles. The minimum atomic E-state index is -0.873. The molecule has 0 aliphatic heterocycles. The van der Waals surface area contributed by atoms with Crippen LogP contribution in [-0.2, 0) is 6.54 Å². The normalized spacial score (nSPS) is 12.3. The van der Waals surface area contributed by atoms with Gasteiger partial charge in [-0.25, -0.2) is 4.39 Å². The highest BCUT2D eigenvalue weighted by Gasteiger charge is 2.16. The van der Waals surface area contributed by atoms with Crippen molar-refractivity contribution in [3.63, 3.8) is 0 Å². The molecule has 2 aromatic rings. The van der Waals surface area contributed by atoms with Crippen molar-refractivity contribution in [2.24, 2.45) is 0 Å². The summed E-state index contributed by atoms with van der Waals surface area (Å²) in [4.78, 5) is 0. The average Bonchev–Trinajstić information content (AvgIpc) is 2.47. The minimum Gasteiger partial charge on any atom is -0.389 e. The lowest BCUT2D eigenvalue weighted by atomic mass is 10.1. The van der Waals surface area contributed by atoms with Gasteiger partial charge < -0.3 is 5.11 Å². The number of fused-ring (bicyclic) bond motifs is 1. The molecule has 0 radical (unpaired) electrons. The number of aliphatic hydroxyl groups is 1. The standard InChI is InChI=1S/C11H12BrFN2O/c1-11(2,16)6-15-10-4-9(13)8(12)3-7(10)5-14-15/h3-5,16H,6H2,1-2H3. The maximum Gasteiger partial charge on any atom is 0.139 e. The van der Waals surface area contributed by atoms with Crippen molar-refractivity contribution < 1.29 is 9.50 Å². The summed E-state index contributed by atoms with van der Waals surface area (Å²) in [5.41, 5.74) is -0.189. The van der Waals surface area contributed by atoms with Gasteiger partial charge in [0.15, 0.2) is 0 Å². The van der Waals surface area contributed by atoms with Crippen molar-refractivity contribution in [1.29, 1.82) is 0 Å². The highest BCUT2D eigenvalue weighted by atomic mass is 79.9. The molecule has 1 aromatic carbocycles. The SMILES string of the molecule is CC(C)(O)Cn1ncc2cc(Br)c(F)cc21. The number of aromatic nitrogens is 2. The number of nitrogens with zero attached hydrogens (tertiary/aromatic N) is 2. The van der Waals surface area contributed by atoms with Crippen LogP contribution in [0.4, 0.5) is 4.39 Å². The van der Waals surface area contributed by atoms with E-state index in [-0.39, 0.29) is 5.82 Å². The Kier molecular flexibility index (Phi) is 2.75. The van der Waals surface area contributed by atoms with Crippen molar-refractivity contribution in [3.05, 3.63) is 28.6 Å². The van der Waals surface area contributed by atoms with E-state index >= 15 is 0 Å². The van der Waals surface area contributed by atoms with Gasteiger partial charge in [-0.05, 0) is 35.8 Å². The molecule has 86 valence electrons. The number of hydrogen-bond donors (Lipinski definition) is 1. The third-order valence-corrected chi connectivity index (χ3v) is 2.83. The zero-order chi connectivity index (χ0) is 11.9. The van der Waals surface area contributed by atoms with Crippen LogP contribution in [-0.4, -0.2) is 20.5 Å². The first kappa shape index (κ1) is 11.5. The molecule has 0 atom stereocenters. The molecule has 0 aliphatic rings. The van der Waals surface area contributed by atoms with Crippen molar-refractivity contribution in [3.8, 4) is 0 Å². The molecule has 0 aliphatic carbocycles. The van der Waals surface area contributed by atoms with E-state index in [1.54, 1.807) is 30.8 Å². The van der Waals surface area contributed by atoms with Crippen LogP contribution in [0.3, 0.4) is 0 Å². The Bertz CT molecular complexity index is 530. The lowest BCUT2D eigenvalue weighted by molar-refractivity contribution is 0.0591. The fraction of sp³-hybridized carbons (Fsp3) is 0.364. The van der Waals surface area contributed by atoms with Gasteiger partial charge in [-0.1, -0.05) is 0 Å². The molecule has 5 heteroatoms. The third-order valence-electron chi connectivity index (χ3n) is 2.22. The summed E-state index contributed by atoms with van der Waals surface area (Å²) in [6, 6.07) is 3.09. The van der Waals surface area contributed by atoms with Crippen molar-refractivity contribution in [1.82, 2.24) is 9.78 Å². The van der Waals surface area contributed by atoms with Crippen molar-refractivity contribution in [2.45, 2.75) is 26.0 Å². The van der Waals surface area contributed by atoms with Gasteiger partial charge in [0.25, 0.3) is 0 Å². The second kappa shape index (κ2) is 3.82. The van der Waals surface area contributed by atoms with E-state index in [1.165, 1.54) is 6.07 Å². The predicted octanol–water partition coefficient (Wildman–Crippen LogP) is 2.71. The smallest absolute Gasteiger partial charge is 0.139 e. The summed E-state index contributed by atoms with van der Waals surface area (Å²) in [5.74, 6) is -0.329. The van der Waals surface area contributed by atoms with Crippen LogP contribution in [0.2, 0.25) is 0 Å². The van der Waals surface area contributed by atoms with Gasteiger partial charge in [0.2, 0.25) is 0 Å². The second-order valence-corrected chi connectivity index (χ2v) is 5.29. The number of rotatable bonds is 2. The Hall–Kier alpha value is -0.940. The van der Waals surface area contributed by atoms with E-state index in [4.69, 9.17) is 0 Å². The fourth-order valence-electron chi connectivity index (χ4n) is 1.57. The molecule has 0 saturated heterocycles. The Morgan fingerprint density at radius 3 is 2.81 bits per heavy atom. The van der Waals surface area contributed by atoms with Crippen LogP contribution in [0.25, 0.3) is 10.9 Å². The summed E-state index contributed by atoms with van der Waals surface area (Å²) in [7, 11) is 0. The maximum absolute atomic E-state index is 13.4. The van der Waals surface area contributed by atoms with Gasteiger partial charge in [-0.15, -0.1) is 0 Å². The number of benzene rings is 1. The summed E-state index contributed by atoms with van der Waals surface area (Å²) >= 11 is 3.13. The van der Waals surface area contributed by atoms with Gasteiger partial charge in [0.1, 0.15) is 5.82 Å². The molecule has 0 fully saturated rings. The zero-order valence-corrected chi connectivity index (χ0v) is 10.6. The van der Waals surface area contributed by atoms with E-state index in [2.05, 4.69) is 21.0 Å². The molecule has 0 amide bonds. The number of hydrogen-bond acceptors (Lipinski definition) is 2. The Morgan fingerprint density at radius 1 is 1.50 bits per heavy atom. The molecule has 0 saturated carbocycles. The van der Waals surface area contributed by atoms with Crippen LogP contribution >= 0.6 is 15.9 Å². The van der Waals surface area contributed by atoms with E-state index in [0.717, 1.165) is 5.39 Å². The van der Waals surface area contributed by atoms with E-state index in [0.29, 0.717) is 16.5 Å². The van der Waals surface area contributed by atoms with Crippen molar-refractivity contribution >= 4 is 26.8 Å². The predicted molar refractivity (Wildman–Crippen MR) is 63.7 cm³/mol. The fourth-order valence-corrected chi connectivity index (χ4v) is 1.93. The Morgan fingerprint density at radius 2 is 2.19 bits per heavy atom. The van der Waals surface area contributed by atoms with Gasteiger partial charge >= 0.3 is 0 Å². The molecular formula is C11H12BrFN2O. The van der Waals surface area contributed by atoms with Gasteiger partial charge in [-0.3, -0.25) is 4.68 Å². The van der Waals surface area contributed by atoms with E-state index in [1.807, 2.05) is 0 Å². The first-order valence-electron chi connectivity index (χ1n) is 4.90. The van der Waals surface area contributed by atoms with Crippen LogP contribution in [0.5, 0.6) is 0 Å². The first-order valence-corrected chi connectivity index (χ1v) is 5.69. The van der Waals surface area contributed by atoms with Gasteiger partial charge in [0.05, 0.1) is 28.3 Å². The maximum atomic E-state index is 13.4. The molecule has 3 nitrogen and oxygen atoms in total. The zero-order valence-electron chi connectivity index (χ0n) is 9.04. The summed E-state index contributed by atoms with van der Waals surface area (Å²) in [6.45, 7) is 3.71. The lowest BCUT2D eigenvalue weighted by Gasteiger charge is -2.17. The largest absolute Gasteiger partial charge is 0.389 e. The van der Waals surface area contributed by atoms with Crippen LogP contribution in [0.15, 0.2) is 22.8 Å². The minimum absolute atomic E-state index is 0.329. The quantitative estimate of drug-likeness (QED) is 0.922. The number of halogens is 2. The molecule has 16 heavy (non-hydrogen) atoms. The van der Waals surface area contributed by atoms with Crippen LogP contribution < -0.4 is 0 Å². The van der Waals surface area contributed by atoms with E-state index < -0.39 is 5.60 Å². The highest BCUT2D eigenvalue weighted by molar-refractivity contribution is 9.10. The first-order chi connectivity index (χ1) is 7.37. The summed E-state index contributed by atoms with van der Waals surface area (Å²) in [6.07, 6.45) is 1.66. The average molecular weight is 287 g/mol. The second-order valence-electron chi connectivity index (χ2n) is 4.44. The molecular weight excluding hydrogens is 275 g/mol. The van der Waals surface area contributed by atoms with Crippen LogP contribution in [0, 0.1) is 5.82 Å². The Balaban J connectivity index is 2.52. The topological polar surface area (TPSA) is 38.0 Å². The summed E-state index contributed by atoms with van der Waals surface area (Å²) in [5, 5.41) is 14.7. The van der Waals surface area contributed by atoms with Gasteiger partial charge in [-0.2, -0.15) is 5.10 Å². The molecule has 1 aromatic heterocycles. The van der Waals surface area contributed by atoms with Crippen LogP contribution in [0.1, 0.15) is 13.8 Å². The molecule has 0 bridgehead atoms. The molecule has 1 N–H and O–H groups in total. The monoisotopic (exact) mass is 286 g/mol. The Labute approximate surface area is 101 Å². The highest BCUT2D eigenvalue weighted by Crippen LogP contribution is 2.23.